The van der Waals surface area contributed by atoms with Crippen molar-refractivity contribution in [2.24, 2.45) is 5.92 Å². The number of para-hydroxylation sites is 2. The van der Waals surface area contributed by atoms with Crippen LogP contribution in [0.3, 0.4) is 0 Å². The number of benzene rings is 1. The number of rotatable bonds is 9. The number of ether oxygens (including phenoxy) is 1. The van der Waals surface area contributed by atoms with E-state index in [2.05, 4.69) is 10.3 Å². The van der Waals surface area contributed by atoms with Crippen LogP contribution >= 0.6 is 0 Å². The second kappa shape index (κ2) is 9.18. The van der Waals surface area contributed by atoms with Crippen LogP contribution in [-0.2, 0) is 36.5 Å². The van der Waals surface area contributed by atoms with Crippen molar-refractivity contribution in [3.63, 3.8) is 0 Å². The van der Waals surface area contributed by atoms with Gasteiger partial charge in [-0.2, -0.15) is 0 Å². The highest BCUT2D eigenvalue weighted by Crippen LogP contribution is 2.18. The molecule has 9 heteroatoms. The molecule has 28 heavy (non-hydrogen) atoms. The van der Waals surface area contributed by atoms with Crippen LogP contribution < -0.4 is 5.32 Å². The van der Waals surface area contributed by atoms with Gasteiger partial charge in [-0.25, -0.2) is 18.2 Å². The number of hydrogen-bond donors (Lipinski definition) is 1. The molecule has 0 fully saturated rings. The van der Waals surface area contributed by atoms with Gasteiger partial charge in [0.2, 0.25) is 5.91 Å². The number of nitrogens with one attached hydrogen (secondary N) is 1. The van der Waals surface area contributed by atoms with E-state index in [1.54, 1.807) is 28.8 Å². The van der Waals surface area contributed by atoms with Crippen LogP contribution in [0.1, 0.15) is 32.5 Å². The summed E-state index contributed by atoms with van der Waals surface area (Å²) in [6, 6.07) is 6.38. The third-order valence-corrected chi connectivity index (χ3v) is 5.50. The summed E-state index contributed by atoms with van der Waals surface area (Å²) in [7, 11) is -2.04. The molecule has 0 spiro atoms. The number of amides is 1. The van der Waals surface area contributed by atoms with Crippen LogP contribution in [0.4, 0.5) is 0 Å². The maximum absolute atomic E-state index is 12.7. The van der Waals surface area contributed by atoms with Crippen LogP contribution in [0, 0.1) is 5.92 Å². The van der Waals surface area contributed by atoms with Crippen molar-refractivity contribution in [1.82, 2.24) is 14.9 Å². The van der Waals surface area contributed by atoms with Gasteiger partial charge in [-0.05, 0) is 18.1 Å². The fraction of sp³-hybridized carbons (Fsp3) is 0.526. The van der Waals surface area contributed by atoms with Gasteiger partial charge in [0.05, 0.1) is 18.1 Å². The summed E-state index contributed by atoms with van der Waals surface area (Å²) < 4.78 is 30.0. The third kappa shape index (κ3) is 5.31. The van der Waals surface area contributed by atoms with Crippen LogP contribution in [0.25, 0.3) is 11.0 Å². The number of carbonyl (C=O) groups excluding carboxylic acids is 2. The Balaban J connectivity index is 2.32. The Morgan fingerprint density at radius 2 is 1.86 bits per heavy atom. The fourth-order valence-electron chi connectivity index (χ4n) is 3.27. The molecule has 1 atom stereocenters. The first kappa shape index (κ1) is 21.9. The van der Waals surface area contributed by atoms with E-state index in [0.29, 0.717) is 23.9 Å². The molecule has 154 valence electrons. The number of methoxy groups -OCH3 is 1. The minimum Gasteiger partial charge on any atom is -0.467 e. The maximum Gasteiger partial charge on any atom is 0.328 e. The topological polar surface area (TPSA) is 107 Å². The lowest BCUT2D eigenvalue weighted by atomic mass is 9.94. The van der Waals surface area contributed by atoms with Gasteiger partial charge in [0.25, 0.3) is 0 Å². The molecule has 1 heterocycles. The highest BCUT2D eigenvalue weighted by Gasteiger charge is 2.29. The number of nitrogens with zero attached hydrogens (tertiary/aromatic N) is 2. The van der Waals surface area contributed by atoms with Crippen molar-refractivity contribution in [3.8, 4) is 0 Å². The van der Waals surface area contributed by atoms with Gasteiger partial charge >= 0.3 is 5.97 Å². The van der Waals surface area contributed by atoms with Gasteiger partial charge in [-0.3, -0.25) is 4.79 Å². The summed E-state index contributed by atoms with van der Waals surface area (Å²) in [6.45, 7) is 3.76. The molecular formula is C19H27N3O5S. The van der Waals surface area contributed by atoms with E-state index < -0.39 is 27.8 Å². The number of sulfone groups is 1. The first-order chi connectivity index (χ1) is 13.2. The summed E-state index contributed by atoms with van der Waals surface area (Å²) >= 11 is 0. The number of imidazole rings is 1. The van der Waals surface area contributed by atoms with Gasteiger partial charge in [0, 0.05) is 6.26 Å². The molecule has 1 aromatic carbocycles. The van der Waals surface area contributed by atoms with Crippen molar-refractivity contribution >= 4 is 32.7 Å². The summed E-state index contributed by atoms with van der Waals surface area (Å²) in [6.07, 6.45) is 2.55. The molecule has 2 rings (SSSR count). The van der Waals surface area contributed by atoms with E-state index in [4.69, 9.17) is 4.74 Å². The van der Waals surface area contributed by atoms with Crippen LogP contribution in [0.15, 0.2) is 24.3 Å². The molecule has 0 saturated heterocycles. The zero-order chi connectivity index (χ0) is 20.9. The van der Waals surface area contributed by atoms with E-state index in [1.807, 2.05) is 13.8 Å². The first-order valence-electron chi connectivity index (χ1n) is 9.19. The predicted molar refractivity (Wildman–Crippen MR) is 106 cm³/mol. The Bertz CT molecular complexity index is 948. The van der Waals surface area contributed by atoms with Gasteiger partial charge in [0.15, 0.2) is 9.84 Å². The highest BCUT2D eigenvalue weighted by molar-refractivity contribution is 7.89. The lowest BCUT2D eigenvalue weighted by molar-refractivity contribution is -0.147. The van der Waals surface area contributed by atoms with E-state index in [1.165, 1.54) is 7.11 Å². The van der Waals surface area contributed by atoms with Gasteiger partial charge in [-0.15, -0.1) is 0 Å². The van der Waals surface area contributed by atoms with Gasteiger partial charge < -0.3 is 14.6 Å². The molecule has 0 aliphatic carbocycles. The second-order valence-corrected chi connectivity index (χ2v) is 8.96. The zero-order valence-electron chi connectivity index (χ0n) is 16.6. The molecular weight excluding hydrogens is 382 g/mol. The average Bonchev–Trinajstić information content (AvgIpc) is 2.96. The first-order valence-corrected chi connectivity index (χ1v) is 11.2. The minimum absolute atomic E-state index is 0.0496. The maximum atomic E-state index is 12.7. The molecule has 1 amide bonds. The molecule has 1 aromatic heterocycles. The van der Waals surface area contributed by atoms with Crippen LogP contribution in [-0.4, -0.2) is 49.3 Å². The molecule has 0 aliphatic heterocycles. The Kier molecular flexibility index (Phi) is 7.17. The zero-order valence-corrected chi connectivity index (χ0v) is 17.5. The van der Waals surface area contributed by atoms with Crippen molar-refractivity contribution in [2.75, 3.05) is 13.4 Å². The Labute approximate surface area is 165 Å². The molecule has 0 radical (unpaired) electrons. The fourth-order valence-corrected chi connectivity index (χ4v) is 3.95. The second-order valence-electron chi connectivity index (χ2n) is 6.82. The van der Waals surface area contributed by atoms with Crippen molar-refractivity contribution in [1.29, 1.82) is 0 Å². The molecule has 0 saturated carbocycles. The van der Waals surface area contributed by atoms with E-state index in [0.717, 1.165) is 6.26 Å². The largest absolute Gasteiger partial charge is 0.467 e. The molecule has 1 N–H and O–H groups in total. The number of fused-ring (bicyclic) bond motifs is 1. The molecule has 0 aliphatic rings. The summed E-state index contributed by atoms with van der Waals surface area (Å²) in [5.74, 6) is -0.932. The lowest BCUT2D eigenvalue weighted by Gasteiger charge is -2.24. The third-order valence-electron chi connectivity index (χ3n) is 4.72. The van der Waals surface area contributed by atoms with Crippen molar-refractivity contribution < 1.29 is 22.7 Å². The quantitative estimate of drug-likeness (QED) is 0.632. The highest BCUT2D eigenvalue weighted by atomic mass is 32.2. The van der Waals surface area contributed by atoms with Crippen molar-refractivity contribution in [3.05, 3.63) is 30.1 Å². The smallest absolute Gasteiger partial charge is 0.328 e. The number of aromatic nitrogens is 2. The molecule has 8 nitrogen and oxygen atoms in total. The molecule has 0 bridgehead atoms. The van der Waals surface area contributed by atoms with Gasteiger partial charge in [0.1, 0.15) is 24.2 Å². The van der Waals surface area contributed by atoms with Crippen LogP contribution in [0.5, 0.6) is 0 Å². The average molecular weight is 410 g/mol. The normalized spacial score (nSPS) is 12.9. The monoisotopic (exact) mass is 409 g/mol. The SMILES string of the molecule is CCC(CC)[C@@H](NC(=O)Cn1c(CS(C)(=O)=O)nc2ccccc21)C(=O)OC. The Morgan fingerprint density at radius 1 is 1.21 bits per heavy atom. The number of esters is 1. The standard InChI is InChI=1S/C19H27N3O5S/c1-5-13(6-2)18(19(24)27-3)21-17(23)11-22-15-10-8-7-9-14(15)20-16(22)12-28(4,25)26/h7-10,13,18H,5-6,11-12H2,1-4H3,(H,21,23)/t18-/m1/s1. The van der Waals surface area contributed by atoms with E-state index >= 15 is 0 Å². The van der Waals surface area contributed by atoms with Gasteiger partial charge in [-0.1, -0.05) is 38.8 Å². The van der Waals surface area contributed by atoms with Crippen molar-refractivity contribution in [2.45, 2.75) is 45.0 Å². The van der Waals surface area contributed by atoms with Crippen LogP contribution in [0.2, 0.25) is 0 Å². The summed E-state index contributed by atoms with van der Waals surface area (Å²) in [5.41, 5.74) is 1.27. The van der Waals surface area contributed by atoms with E-state index in [9.17, 15) is 18.0 Å². The summed E-state index contributed by atoms with van der Waals surface area (Å²) in [5, 5.41) is 2.75. The Hall–Kier alpha value is -2.42. The number of hydrogen-bond acceptors (Lipinski definition) is 6. The number of carbonyl (C=O) groups is 2. The minimum atomic E-state index is -3.33. The predicted octanol–water partition coefficient (Wildman–Crippen LogP) is 1.67. The van der Waals surface area contributed by atoms with E-state index in [-0.39, 0.29) is 24.0 Å². The lowest BCUT2D eigenvalue weighted by Crippen LogP contribution is -2.47. The molecule has 0 unspecified atom stereocenters. The molecule has 2 aromatic rings. The Morgan fingerprint density at radius 3 is 2.43 bits per heavy atom. The summed E-state index contributed by atoms with van der Waals surface area (Å²) in [4.78, 5) is 29.2.